The van der Waals surface area contributed by atoms with E-state index in [1.54, 1.807) is 0 Å². The number of benzene rings is 1. The van der Waals surface area contributed by atoms with Crippen LogP contribution in [-0.4, -0.2) is 50.6 Å². The molecule has 0 aliphatic carbocycles. The van der Waals surface area contributed by atoms with E-state index in [0.29, 0.717) is 4.90 Å². The number of halogens is 3. The molecule has 0 amide bonds. The van der Waals surface area contributed by atoms with Crippen molar-refractivity contribution >= 4 is 23.6 Å². The minimum absolute atomic E-state index is 0.157. The van der Waals surface area contributed by atoms with Gasteiger partial charge in [-0.3, -0.25) is 0 Å². The fourth-order valence-corrected chi connectivity index (χ4v) is 2.30. The van der Waals surface area contributed by atoms with E-state index in [-0.39, 0.29) is 6.07 Å². The molecule has 1 N–H and O–H groups in total. The molecule has 1 heterocycles. The number of nitrogens with zero attached hydrogens (tertiary/aromatic N) is 1. The molecule has 0 saturated heterocycles. The van der Waals surface area contributed by atoms with Crippen LogP contribution in [0.4, 0.5) is 18.9 Å². The molecule has 0 atom stereocenters. The van der Waals surface area contributed by atoms with Crippen molar-refractivity contribution in [1.29, 1.82) is 0 Å². The van der Waals surface area contributed by atoms with E-state index in [1.807, 2.05) is 0 Å². The lowest BCUT2D eigenvalue weighted by Crippen LogP contribution is -2.40. The van der Waals surface area contributed by atoms with Gasteiger partial charge < -0.3 is 24.2 Å². The summed E-state index contributed by atoms with van der Waals surface area (Å²) in [4.78, 5) is 35.4. The Hall–Kier alpha value is -3.08. The molecule has 0 saturated carbocycles. The molecule has 0 spiro atoms. The Morgan fingerprint density at radius 3 is 2.27 bits per heavy atom. The lowest BCUT2D eigenvalue weighted by Gasteiger charge is -2.31. The van der Waals surface area contributed by atoms with Crippen LogP contribution in [0.1, 0.15) is 10.4 Å². The number of rotatable bonds is 4. The lowest BCUT2D eigenvalue weighted by atomic mass is 10.1. The van der Waals surface area contributed by atoms with Gasteiger partial charge in [0.2, 0.25) is 0 Å². The number of ether oxygens (including phenoxy) is 3. The Morgan fingerprint density at radius 2 is 1.73 bits per heavy atom. The maximum Gasteiger partial charge on any atom is 0.355 e. The smallest absolute Gasteiger partial charge is 0.355 e. The molecule has 0 bridgehead atoms. The Balaban J connectivity index is 2.79. The molecule has 8 nitrogen and oxygen atoms in total. The monoisotopic (exact) mass is 375 g/mol. The maximum absolute atomic E-state index is 14.5. The summed E-state index contributed by atoms with van der Waals surface area (Å²) in [6.45, 7) is -1.13. The van der Waals surface area contributed by atoms with Gasteiger partial charge >= 0.3 is 17.9 Å². The van der Waals surface area contributed by atoms with Gasteiger partial charge in [0.25, 0.3) is 0 Å². The summed E-state index contributed by atoms with van der Waals surface area (Å²) in [5, 5.41) is 8.95. The minimum Gasteiger partial charge on any atom is -0.478 e. The topological polar surface area (TPSA) is 102 Å². The summed E-state index contributed by atoms with van der Waals surface area (Å²) in [5.74, 6) is -9.21. The molecule has 0 aromatic heterocycles. The van der Waals surface area contributed by atoms with Gasteiger partial charge in [0.15, 0.2) is 17.5 Å². The Labute approximate surface area is 144 Å². The van der Waals surface area contributed by atoms with E-state index in [9.17, 15) is 27.6 Å². The van der Waals surface area contributed by atoms with E-state index in [1.165, 1.54) is 0 Å². The van der Waals surface area contributed by atoms with E-state index in [0.717, 1.165) is 14.2 Å². The maximum atomic E-state index is 14.5. The van der Waals surface area contributed by atoms with Gasteiger partial charge in [-0.25, -0.2) is 27.6 Å². The first kappa shape index (κ1) is 19.2. The van der Waals surface area contributed by atoms with Crippen LogP contribution in [0.2, 0.25) is 0 Å². The largest absolute Gasteiger partial charge is 0.478 e. The van der Waals surface area contributed by atoms with Gasteiger partial charge in [-0.1, -0.05) is 0 Å². The van der Waals surface area contributed by atoms with Gasteiger partial charge in [0.1, 0.15) is 23.7 Å². The molecule has 0 radical (unpaired) electrons. The van der Waals surface area contributed by atoms with E-state index in [4.69, 9.17) is 9.84 Å². The van der Waals surface area contributed by atoms with Crippen molar-refractivity contribution in [2.45, 2.75) is 0 Å². The molecule has 1 aliphatic heterocycles. The van der Waals surface area contributed by atoms with Crippen LogP contribution < -0.4 is 4.90 Å². The van der Waals surface area contributed by atoms with Crippen LogP contribution in [0.3, 0.4) is 0 Å². The molecular weight excluding hydrogens is 363 g/mol. The SMILES string of the molecule is COC(=O)C1=C(C(=O)OC)N(c2c(F)c(F)cc(C(=O)O)c2F)COC1. The number of hydrogen-bond donors (Lipinski definition) is 1. The average molecular weight is 375 g/mol. The highest BCUT2D eigenvalue weighted by Gasteiger charge is 2.37. The van der Waals surface area contributed by atoms with Gasteiger partial charge in [0.05, 0.1) is 26.4 Å². The van der Waals surface area contributed by atoms with Crippen molar-refractivity contribution < 1.29 is 46.9 Å². The zero-order valence-corrected chi connectivity index (χ0v) is 13.5. The highest BCUT2D eigenvalue weighted by Crippen LogP contribution is 2.34. The summed E-state index contributed by atoms with van der Waals surface area (Å²) < 4.78 is 56.5. The number of anilines is 1. The predicted molar refractivity (Wildman–Crippen MR) is 77.6 cm³/mol. The van der Waals surface area contributed by atoms with Crippen LogP contribution in [-0.2, 0) is 23.8 Å². The zero-order valence-electron chi connectivity index (χ0n) is 13.5. The minimum atomic E-state index is -1.86. The molecule has 2 rings (SSSR count). The number of carbonyl (C=O) groups is 3. The third kappa shape index (κ3) is 3.20. The Bertz CT molecular complexity index is 822. The second-order valence-electron chi connectivity index (χ2n) is 4.90. The molecule has 11 heteroatoms. The summed E-state index contributed by atoms with van der Waals surface area (Å²) in [6.07, 6.45) is 0. The summed E-state index contributed by atoms with van der Waals surface area (Å²) in [6, 6.07) is 0.157. The standard InChI is InChI=1S/C15H12F3NO7/c1-24-14(22)7-4-26-5-19(11(7)15(23)25-2)12-9(17)6(13(20)21)3-8(16)10(12)18/h3H,4-5H2,1-2H3,(H,20,21). The molecule has 0 unspecified atom stereocenters. The number of esters is 2. The molecular formula is C15H12F3NO7. The zero-order chi connectivity index (χ0) is 19.6. The number of carbonyl (C=O) groups excluding carboxylic acids is 2. The van der Waals surface area contributed by atoms with E-state index >= 15 is 0 Å². The van der Waals surface area contributed by atoms with Crippen LogP contribution in [0.15, 0.2) is 17.3 Å². The summed E-state index contributed by atoms with van der Waals surface area (Å²) >= 11 is 0. The third-order valence-corrected chi connectivity index (χ3v) is 3.47. The molecule has 1 aliphatic rings. The second-order valence-corrected chi connectivity index (χ2v) is 4.90. The highest BCUT2D eigenvalue weighted by atomic mass is 19.2. The average Bonchev–Trinajstić information content (AvgIpc) is 2.63. The second kappa shape index (κ2) is 7.44. The lowest BCUT2D eigenvalue weighted by molar-refractivity contribution is -0.140. The predicted octanol–water partition coefficient (Wildman–Crippen LogP) is 1.20. The van der Waals surface area contributed by atoms with E-state index in [2.05, 4.69) is 9.47 Å². The molecule has 1 aromatic rings. The van der Waals surface area contributed by atoms with Gasteiger partial charge in [-0.05, 0) is 6.07 Å². The van der Waals surface area contributed by atoms with Crippen molar-refractivity contribution in [2.75, 3.05) is 32.5 Å². The first-order valence-electron chi connectivity index (χ1n) is 6.90. The highest BCUT2D eigenvalue weighted by molar-refractivity contribution is 6.03. The van der Waals surface area contributed by atoms with Gasteiger partial charge in [-0.15, -0.1) is 0 Å². The number of hydrogen-bond acceptors (Lipinski definition) is 7. The van der Waals surface area contributed by atoms with Gasteiger partial charge in [-0.2, -0.15) is 0 Å². The van der Waals surface area contributed by atoms with Crippen LogP contribution in [0.25, 0.3) is 0 Å². The molecule has 26 heavy (non-hydrogen) atoms. The van der Waals surface area contributed by atoms with E-state index < -0.39 is 71.2 Å². The van der Waals surface area contributed by atoms with Crippen LogP contribution in [0.5, 0.6) is 0 Å². The van der Waals surface area contributed by atoms with Crippen molar-refractivity contribution in [3.8, 4) is 0 Å². The van der Waals surface area contributed by atoms with Crippen molar-refractivity contribution in [3.63, 3.8) is 0 Å². The number of carboxylic acid groups (broad SMARTS) is 1. The molecule has 0 fully saturated rings. The Morgan fingerprint density at radius 1 is 1.12 bits per heavy atom. The van der Waals surface area contributed by atoms with Crippen LogP contribution >= 0.6 is 0 Å². The number of carboxylic acids is 1. The fraction of sp³-hybridized carbons (Fsp3) is 0.267. The molecule has 140 valence electrons. The van der Waals surface area contributed by atoms with Gasteiger partial charge in [0, 0.05) is 0 Å². The Kier molecular flexibility index (Phi) is 5.50. The van der Waals surface area contributed by atoms with Crippen LogP contribution in [0, 0.1) is 17.5 Å². The quantitative estimate of drug-likeness (QED) is 0.619. The summed E-state index contributed by atoms with van der Waals surface area (Å²) in [5.41, 5.74) is -3.49. The summed E-state index contributed by atoms with van der Waals surface area (Å²) in [7, 11) is 1.94. The van der Waals surface area contributed by atoms with Crippen molar-refractivity contribution in [3.05, 3.63) is 40.4 Å². The molecule has 1 aromatic carbocycles. The third-order valence-electron chi connectivity index (χ3n) is 3.47. The first-order valence-corrected chi connectivity index (χ1v) is 6.90. The first-order chi connectivity index (χ1) is 12.2. The normalized spacial score (nSPS) is 14.3. The fourth-order valence-electron chi connectivity index (χ4n) is 2.30. The number of methoxy groups -OCH3 is 2. The van der Waals surface area contributed by atoms with Crippen molar-refractivity contribution in [2.24, 2.45) is 0 Å². The number of aromatic carboxylic acids is 1. The van der Waals surface area contributed by atoms with Crippen molar-refractivity contribution in [1.82, 2.24) is 0 Å².